The highest BCUT2D eigenvalue weighted by atomic mass is 16.1. The van der Waals surface area contributed by atoms with Gasteiger partial charge in [-0.05, 0) is 19.1 Å². The van der Waals surface area contributed by atoms with Crippen molar-refractivity contribution in [2.24, 2.45) is 0 Å². The Bertz CT molecular complexity index is 504. The molecule has 2 rings (SSSR count). The van der Waals surface area contributed by atoms with E-state index < -0.39 is 0 Å². The van der Waals surface area contributed by atoms with E-state index in [0.29, 0.717) is 5.69 Å². The Morgan fingerprint density at radius 2 is 2.25 bits per heavy atom. The summed E-state index contributed by atoms with van der Waals surface area (Å²) in [6.45, 7) is 1.86. The molecule has 0 fully saturated rings. The van der Waals surface area contributed by atoms with Gasteiger partial charge >= 0.3 is 0 Å². The molecule has 2 aromatic heterocycles. The quantitative estimate of drug-likeness (QED) is 0.790. The van der Waals surface area contributed by atoms with Gasteiger partial charge in [0.2, 0.25) is 0 Å². The van der Waals surface area contributed by atoms with E-state index in [-0.39, 0.29) is 5.91 Å². The number of hydrogen-bond acceptors (Lipinski definition) is 3. The van der Waals surface area contributed by atoms with Crippen molar-refractivity contribution in [3.05, 3.63) is 35.8 Å². The minimum atomic E-state index is -0.218. The average molecular weight is 216 g/mol. The summed E-state index contributed by atoms with van der Waals surface area (Å²) in [6.07, 6.45) is 1.69. The number of rotatable bonds is 2. The van der Waals surface area contributed by atoms with Crippen molar-refractivity contribution < 1.29 is 4.79 Å². The number of carbonyl (C=O) groups is 1. The highest BCUT2D eigenvalue weighted by Crippen LogP contribution is 2.23. The van der Waals surface area contributed by atoms with Crippen LogP contribution < -0.4 is 5.32 Å². The van der Waals surface area contributed by atoms with Crippen molar-refractivity contribution >= 4 is 5.91 Å². The van der Waals surface area contributed by atoms with Crippen molar-refractivity contribution in [2.45, 2.75) is 6.92 Å². The molecule has 0 radical (unpaired) electrons. The van der Waals surface area contributed by atoms with E-state index in [1.807, 2.05) is 25.1 Å². The summed E-state index contributed by atoms with van der Waals surface area (Å²) in [5.74, 6) is -0.218. The zero-order valence-corrected chi connectivity index (χ0v) is 9.11. The molecule has 16 heavy (non-hydrogen) atoms. The Hall–Kier alpha value is -2.17. The predicted octanol–water partition coefficient (Wildman–Crippen LogP) is 1.14. The molecule has 0 unspecified atom stereocenters. The summed E-state index contributed by atoms with van der Waals surface area (Å²) in [4.78, 5) is 15.8. The molecule has 0 saturated carbocycles. The molecule has 0 aliphatic heterocycles. The Morgan fingerprint density at radius 1 is 1.44 bits per heavy atom. The van der Waals surface area contributed by atoms with Crippen LogP contribution in [-0.2, 0) is 0 Å². The molecular formula is C11H12N4O. The topological polar surface area (TPSA) is 70.7 Å². The second-order valence-electron chi connectivity index (χ2n) is 3.37. The molecule has 0 aliphatic rings. The van der Waals surface area contributed by atoms with Crippen LogP contribution in [0.5, 0.6) is 0 Å². The molecule has 5 nitrogen and oxygen atoms in total. The molecule has 0 saturated heterocycles. The summed E-state index contributed by atoms with van der Waals surface area (Å²) in [7, 11) is 1.58. The number of nitrogens with one attached hydrogen (secondary N) is 2. The van der Waals surface area contributed by atoms with Crippen LogP contribution in [0.4, 0.5) is 0 Å². The Kier molecular flexibility index (Phi) is 2.68. The van der Waals surface area contributed by atoms with E-state index in [9.17, 15) is 4.79 Å². The first-order valence-corrected chi connectivity index (χ1v) is 4.92. The molecule has 0 atom stereocenters. The van der Waals surface area contributed by atoms with Crippen molar-refractivity contribution in [1.82, 2.24) is 20.5 Å². The van der Waals surface area contributed by atoms with Crippen LogP contribution in [0.3, 0.4) is 0 Å². The lowest BCUT2D eigenvalue weighted by atomic mass is 10.1. The van der Waals surface area contributed by atoms with Gasteiger partial charge in [-0.2, -0.15) is 5.10 Å². The van der Waals surface area contributed by atoms with Crippen LogP contribution in [0, 0.1) is 6.92 Å². The number of hydrogen-bond donors (Lipinski definition) is 2. The number of carbonyl (C=O) groups excluding carboxylic acids is 1. The maximum Gasteiger partial charge on any atom is 0.272 e. The van der Waals surface area contributed by atoms with Crippen LogP contribution >= 0.6 is 0 Å². The first-order valence-electron chi connectivity index (χ1n) is 4.92. The van der Waals surface area contributed by atoms with Crippen molar-refractivity contribution in [2.75, 3.05) is 7.05 Å². The van der Waals surface area contributed by atoms with Gasteiger partial charge in [0.1, 0.15) is 0 Å². The van der Waals surface area contributed by atoms with Crippen molar-refractivity contribution in [3.63, 3.8) is 0 Å². The Morgan fingerprint density at radius 3 is 2.88 bits per heavy atom. The standard InChI is InChI=1S/C11H12N4O/c1-7-9(8-5-3-4-6-13-8)10(15-14-7)11(16)12-2/h3-6H,1-2H3,(H,12,16)(H,14,15). The molecule has 5 heteroatoms. The third-order valence-corrected chi connectivity index (χ3v) is 2.31. The molecule has 2 heterocycles. The van der Waals surface area contributed by atoms with Gasteiger partial charge in [0.25, 0.3) is 5.91 Å². The monoisotopic (exact) mass is 216 g/mol. The van der Waals surface area contributed by atoms with Gasteiger partial charge in [-0.3, -0.25) is 14.9 Å². The van der Waals surface area contributed by atoms with Gasteiger partial charge in [-0.15, -0.1) is 0 Å². The van der Waals surface area contributed by atoms with Crippen LogP contribution in [0.2, 0.25) is 0 Å². The Labute approximate surface area is 92.9 Å². The molecule has 0 aliphatic carbocycles. The lowest BCUT2D eigenvalue weighted by Crippen LogP contribution is -2.19. The van der Waals surface area contributed by atoms with Gasteiger partial charge in [0, 0.05) is 18.9 Å². The van der Waals surface area contributed by atoms with Crippen LogP contribution in [0.1, 0.15) is 16.2 Å². The second-order valence-corrected chi connectivity index (χ2v) is 3.37. The average Bonchev–Trinajstić information content (AvgIpc) is 2.71. The molecule has 1 amide bonds. The minimum absolute atomic E-state index is 0.218. The normalized spacial score (nSPS) is 10.1. The zero-order chi connectivity index (χ0) is 11.5. The summed E-state index contributed by atoms with van der Waals surface area (Å²) in [5, 5.41) is 9.34. The van der Waals surface area contributed by atoms with E-state index >= 15 is 0 Å². The smallest absolute Gasteiger partial charge is 0.272 e. The maximum atomic E-state index is 11.6. The number of H-pyrrole nitrogens is 1. The highest BCUT2D eigenvalue weighted by molar-refractivity contribution is 5.98. The molecule has 2 aromatic rings. The number of aryl methyl sites for hydroxylation is 1. The fourth-order valence-electron chi connectivity index (χ4n) is 1.54. The van der Waals surface area contributed by atoms with E-state index in [1.54, 1.807) is 13.2 Å². The summed E-state index contributed by atoms with van der Waals surface area (Å²) >= 11 is 0. The molecule has 0 spiro atoms. The van der Waals surface area contributed by atoms with E-state index in [1.165, 1.54) is 0 Å². The SMILES string of the molecule is CNC(=O)c1n[nH]c(C)c1-c1ccccn1. The fraction of sp³-hybridized carbons (Fsp3) is 0.182. The number of amides is 1. The van der Waals surface area contributed by atoms with Gasteiger partial charge in [0.05, 0.1) is 11.3 Å². The lowest BCUT2D eigenvalue weighted by molar-refractivity contribution is 0.0958. The molecular weight excluding hydrogens is 204 g/mol. The lowest BCUT2D eigenvalue weighted by Gasteiger charge is -2.01. The molecule has 0 aromatic carbocycles. The highest BCUT2D eigenvalue weighted by Gasteiger charge is 2.18. The number of nitrogens with zero attached hydrogens (tertiary/aromatic N) is 2. The maximum absolute atomic E-state index is 11.6. The van der Waals surface area contributed by atoms with Gasteiger partial charge in [-0.25, -0.2) is 0 Å². The van der Waals surface area contributed by atoms with E-state index in [0.717, 1.165) is 17.0 Å². The number of pyridine rings is 1. The van der Waals surface area contributed by atoms with Crippen LogP contribution in [-0.4, -0.2) is 28.1 Å². The predicted molar refractivity (Wildman–Crippen MR) is 59.9 cm³/mol. The van der Waals surface area contributed by atoms with E-state index in [2.05, 4.69) is 20.5 Å². The second kappa shape index (κ2) is 4.14. The fourth-order valence-corrected chi connectivity index (χ4v) is 1.54. The third-order valence-electron chi connectivity index (χ3n) is 2.31. The molecule has 82 valence electrons. The van der Waals surface area contributed by atoms with Gasteiger partial charge < -0.3 is 5.32 Å². The van der Waals surface area contributed by atoms with Gasteiger partial charge in [0.15, 0.2) is 5.69 Å². The number of aromatic nitrogens is 3. The first kappa shape index (κ1) is 10.4. The Balaban J connectivity index is 2.56. The number of aromatic amines is 1. The summed E-state index contributed by atoms with van der Waals surface area (Å²) < 4.78 is 0. The van der Waals surface area contributed by atoms with Crippen LogP contribution in [0.25, 0.3) is 11.3 Å². The summed E-state index contributed by atoms with van der Waals surface area (Å²) in [6, 6.07) is 5.56. The van der Waals surface area contributed by atoms with E-state index in [4.69, 9.17) is 0 Å². The molecule has 2 N–H and O–H groups in total. The minimum Gasteiger partial charge on any atom is -0.354 e. The third kappa shape index (κ3) is 1.67. The first-order chi connectivity index (χ1) is 7.74. The zero-order valence-electron chi connectivity index (χ0n) is 9.11. The largest absolute Gasteiger partial charge is 0.354 e. The summed E-state index contributed by atoms with van der Waals surface area (Å²) in [5.41, 5.74) is 2.70. The van der Waals surface area contributed by atoms with Crippen molar-refractivity contribution in [3.8, 4) is 11.3 Å². The van der Waals surface area contributed by atoms with Gasteiger partial charge in [-0.1, -0.05) is 6.07 Å². The molecule has 0 bridgehead atoms. The van der Waals surface area contributed by atoms with Crippen molar-refractivity contribution in [1.29, 1.82) is 0 Å². The van der Waals surface area contributed by atoms with Crippen LogP contribution in [0.15, 0.2) is 24.4 Å².